The van der Waals surface area contributed by atoms with Crippen molar-refractivity contribution in [3.63, 3.8) is 0 Å². The van der Waals surface area contributed by atoms with Gasteiger partial charge in [-0.05, 0) is 24.6 Å². The largest absolute Gasteiger partial charge is 0.398 e. The molecule has 1 aromatic rings. The lowest BCUT2D eigenvalue weighted by Crippen LogP contribution is -2.22. The number of benzene rings is 1. The van der Waals surface area contributed by atoms with Crippen molar-refractivity contribution in [2.24, 2.45) is 0 Å². The average Bonchev–Trinajstić information content (AvgIpc) is 2.32. The third kappa shape index (κ3) is 4.40. The van der Waals surface area contributed by atoms with Crippen molar-refractivity contribution in [3.05, 3.63) is 23.2 Å². The van der Waals surface area contributed by atoms with Gasteiger partial charge in [0.1, 0.15) is 0 Å². The molecule has 2 N–H and O–H groups in total. The molecule has 0 spiro atoms. The van der Waals surface area contributed by atoms with E-state index in [4.69, 9.17) is 17.3 Å². The van der Waals surface area contributed by atoms with Gasteiger partial charge in [0.15, 0.2) is 9.84 Å². The molecule has 1 aromatic carbocycles. The van der Waals surface area contributed by atoms with Gasteiger partial charge in [-0.1, -0.05) is 11.6 Å². The van der Waals surface area contributed by atoms with Crippen molar-refractivity contribution in [3.8, 4) is 0 Å². The fourth-order valence-corrected chi connectivity index (χ4v) is 3.03. The lowest BCUT2D eigenvalue weighted by molar-refractivity contribution is -0.128. The molecule has 0 bridgehead atoms. The fourth-order valence-electron chi connectivity index (χ4n) is 1.46. The van der Waals surface area contributed by atoms with Gasteiger partial charge in [-0.3, -0.25) is 4.79 Å². The van der Waals surface area contributed by atoms with E-state index in [1.807, 2.05) is 0 Å². The predicted octanol–water partition coefficient (Wildman–Crippen LogP) is 1.56. The van der Waals surface area contributed by atoms with Crippen LogP contribution >= 0.6 is 11.6 Å². The van der Waals surface area contributed by atoms with Gasteiger partial charge in [0, 0.05) is 20.5 Å². The van der Waals surface area contributed by atoms with Gasteiger partial charge in [-0.15, -0.1) is 0 Å². The highest BCUT2D eigenvalue weighted by atomic mass is 35.5. The first-order valence-electron chi connectivity index (χ1n) is 5.72. The van der Waals surface area contributed by atoms with Crippen molar-refractivity contribution in [1.29, 1.82) is 0 Å². The number of sulfone groups is 1. The van der Waals surface area contributed by atoms with Crippen molar-refractivity contribution in [1.82, 2.24) is 4.90 Å². The number of nitrogen functional groups attached to an aromatic ring is 1. The van der Waals surface area contributed by atoms with Crippen molar-refractivity contribution in [2.45, 2.75) is 17.7 Å². The molecule has 1 rings (SSSR count). The smallest absolute Gasteiger partial charge is 0.222 e. The van der Waals surface area contributed by atoms with E-state index in [-0.39, 0.29) is 34.4 Å². The second kappa shape index (κ2) is 6.25. The number of nitrogens with two attached hydrogens (primary N) is 1. The molecule has 0 fully saturated rings. The number of anilines is 1. The van der Waals surface area contributed by atoms with E-state index in [1.54, 1.807) is 14.1 Å². The molecule has 5 nitrogen and oxygen atoms in total. The standard InChI is InChI=1S/C12H17ClN2O3S/c1-15(2)12(16)4-3-7-19(17,18)9-5-6-11(14)10(13)8-9/h5-6,8H,3-4,7,14H2,1-2H3. The lowest BCUT2D eigenvalue weighted by atomic mass is 10.3. The highest BCUT2D eigenvalue weighted by Crippen LogP contribution is 2.23. The maximum absolute atomic E-state index is 12.0. The molecular weight excluding hydrogens is 288 g/mol. The average molecular weight is 305 g/mol. The number of carbonyl (C=O) groups is 1. The fraction of sp³-hybridized carbons (Fsp3) is 0.417. The number of amides is 1. The van der Waals surface area contributed by atoms with Gasteiger partial charge >= 0.3 is 0 Å². The molecule has 19 heavy (non-hydrogen) atoms. The van der Waals surface area contributed by atoms with Crippen LogP contribution < -0.4 is 5.73 Å². The van der Waals surface area contributed by atoms with Gasteiger partial charge in [0.25, 0.3) is 0 Å². The summed E-state index contributed by atoms with van der Waals surface area (Å²) in [6.45, 7) is 0. The zero-order chi connectivity index (χ0) is 14.6. The Kier molecular flexibility index (Phi) is 5.20. The molecule has 0 aliphatic rings. The number of hydrogen-bond donors (Lipinski definition) is 1. The summed E-state index contributed by atoms with van der Waals surface area (Å²) in [5.41, 5.74) is 5.86. The summed E-state index contributed by atoms with van der Waals surface area (Å²) in [5, 5.41) is 0.213. The normalized spacial score (nSPS) is 11.3. The highest BCUT2D eigenvalue weighted by Gasteiger charge is 2.16. The Morgan fingerprint density at radius 2 is 2.00 bits per heavy atom. The lowest BCUT2D eigenvalue weighted by Gasteiger charge is -2.10. The van der Waals surface area contributed by atoms with Crippen molar-refractivity contribution < 1.29 is 13.2 Å². The van der Waals surface area contributed by atoms with E-state index in [1.165, 1.54) is 23.1 Å². The van der Waals surface area contributed by atoms with Crippen LogP contribution in [-0.2, 0) is 14.6 Å². The second-order valence-corrected chi connectivity index (χ2v) is 6.91. The van der Waals surface area contributed by atoms with Gasteiger partial charge in [-0.25, -0.2) is 8.42 Å². The molecule has 0 saturated carbocycles. The molecule has 1 amide bonds. The van der Waals surface area contributed by atoms with Crippen molar-refractivity contribution in [2.75, 3.05) is 25.6 Å². The zero-order valence-corrected chi connectivity index (χ0v) is 12.5. The van der Waals surface area contributed by atoms with Crippen LogP contribution in [0.2, 0.25) is 5.02 Å². The number of nitrogens with zero attached hydrogens (tertiary/aromatic N) is 1. The number of carbonyl (C=O) groups excluding carboxylic acids is 1. The highest BCUT2D eigenvalue weighted by molar-refractivity contribution is 7.91. The molecule has 0 atom stereocenters. The first-order chi connectivity index (χ1) is 8.74. The Balaban J connectivity index is 2.71. The molecule has 0 aliphatic heterocycles. The first kappa shape index (κ1) is 15.8. The molecule has 0 heterocycles. The first-order valence-corrected chi connectivity index (χ1v) is 7.75. The van der Waals surface area contributed by atoms with E-state index in [0.29, 0.717) is 5.69 Å². The monoisotopic (exact) mass is 304 g/mol. The van der Waals surface area contributed by atoms with Crippen LogP contribution in [0.4, 0.5) is 5.69 Å². The van der Waals surface area contributed by atoms with Gasteiger partial charge in [0.05, 0.1) is 21.4 Å². The molecule has 0 aromatic heterocycles. The maximum Gasteiger partial charge on any atom is 0.222 e. The Hall–Kier alpha value is -1.27. The van der Waals surface area contributed by atoms with Crippen LogP contribution in [0.25, 0.3) is 0 Å². The maximum atomic E-state index is 12.0. The Labute approximate surface area is 118 Å². The molecule has 0 saturated heterocycles. The summed E-state index contributed by atoms with van der Waals surface area (Å²) in [6, 6.07) is 4.21. The van der Waals surface area contributed by atoms with Crippen LogP contribution in [0.3, 0.4) is 0 Å². The minimum absolute atomic E-state index is 0.0904. The number of hydrogen-bond acceptors (Lipinski definition) is 4. The third-order valence-corrected chi connectivity index (χ3v) is 4.76. The quantitative estimate of drug-likeness (QED) is 0.837. The van der Waals surface area contributed by atoms with Gasteiger partial charge in [0.2, 0.25) is 5.91 Å². The van der Waals surface area contributed by atoms with Crippen molar-refractivity contribution >= 4 is 33.0 Å². The van der Waals surface area contributed by atoms with Crippen LogP contribution in [0.1, 0.15) is 12.8 Å². The summed E-state index contributed by atoms with van der Waals surface area (Å²) < 4.78 is 24.0. The number of rotatable bonds is 5. The summed E-state index contributed by atoms with van der Waals surface area (Å²) in [4.78, 5) is 12.9. The molecule has 7 heteroatoms. The Morgan fingerprint density at radius 3 is 2.53 bits per heavy atom. The summed E-state index contributed by atoms with van der Waals surface area (Å²) in [7, 11) is -0.161. The molecule has 106 valence electrons. The topological polar surface area (TPSA) is 80.5 Å². The van der Waals surface area contributed by atoms with E-state index in [2.05, 4.69) is 0 Å². The Bertz CT molecular complexity index is 570. The summed E-state index contributed by atoms with van der Waals surface area (Å²) in [5.74, 6) is -0.183. The zero-order valence-electron chi connectivity index (χ0n) is 10.9. The van der Waals surface area contributed by atoms with Gasteiger partial charge in [-0.2, -0.15) is 0 Å². The summed E-state index contributed by atoms with van der Waals surface area (Å²) in [6.07, 6.45) is 0.482. The van der Waals surface area contributed by atoms with E-state index in [9.17, 15) is 13.2 Å². The third-order valence-electron chi connectivity index (χ3n) is 2.63. The van der Waals surface area contributed by atoms with E-state index < -0.39 is 9.84 Å². The minimum atomic E-state index is -3.43. The van der Waals surface area contributed by atoms with Gasteiger partial charge < -0.3 is 10.6 Å². The molecule has 0 unspecified atom stereocenters. The SMILES string of the molecule is CN(C)C(=O)CCCS(=O)(=O)c1ccc(N)c(Cl)c1. The van der Waals surface area contributed by atoms with E-state index >= 15 is 0 Å². The van der Waals surface area contributed by atoms with Crippen LogP contribution in [0.5, 0.6) is 0 Å². The minimum Gasteiger partial charge on any atom is -0.398 e. The predicted molar refractivity (Wildman–Crippen MR) is 75.8 cm³/mol. The van der Waals surface area contributed by atoms with Crippen LogP contribution in [0, 0.1) is 0 Å². The molecular formula is C12H17ClN2O3S. The van der Waals surface area contributed by atoms with Crippen LogP contribution in [0.15, 0.2) is 23.1 Å². The van der Waals surface area contributed by atoms with E-state index in [0.717, 1.165) is 0 Å². The Morgan fingerprint density at radius 1 is 1.37 bits per heavy atom. The second-order valence-electron chi connectivity index (χ2n) is 4.39. The summed E-state index contributed by atoms with van der Waals surface area (Å²) >= 11 is 5.80. The number of halogens is 1. The molecule has 0 aliphatic carbocycles. The molecule has 0 radical (unpaired) electrons. The van der Waals surface area contributed by atoms with Crippen LogP contribution in [-0.4, -0.2) is 39.1 Å².